The lowest BCUT2D eigenvalue weighted by Gasteiger charge is -2.29. The minimum absolute atomic E-state index is 0.842. The Hall–Kier alpha value is -6.32. The molecule has 2 aliphatic heterocycles. The molecule has 3 heteroatoms. The van der Waals surface area contributed by atoms with Crippen LogP contribution in [-0.4, -0.2) is 9.47 Å². The largest absolute Gasteiger partial charge is 0.324 e. The molecule has 0 fully saturated rings. The predicted molar refractivity (Wildman–Crippen MR) is 232 cm³/mol. The zero-order valence-corrected chi connectivity index (χ0v) is 31.6. The molecule has 1 aromatic heterocycles. The Kier molecular flexibility index (Phi) is 11.6. The van der Waals surface area contributed by atoms with Crippen LogP contribution in [0.15, 0.2) is 195 Å². The second-order valence-corrected chi connectivity index (χ2v) is 12.5. The van der Waals surface area contributed by atoms with E-state index in [2.05, 4.69) is 180 Å². The number of hydrogen-bond acceptors (Lipinski definition) is 2. The molecule has 264 valence electrons. The van der Waals surface area contributed by atoms with E-state index in [-0.39, 0.29) is 0 Å². The van der Waals surface area contributed by atoms with Crippen LogP contribution in [0.25, 0.3) is 44.2 Å². The lowest BCUT2D eigenvalue weighted by Crippen LogP contribution is -2.16. The van der Waals surface area contributed by atoms with E-state index in [9.17, 15) is 0 Å². The first-order chi connectivity index (χ1) is 26.0. The minimum Gasteiger partial charge on any atom is -0.324 e. The van der Waals surface area contributed by atoms with E-state index in [4.69, 9.17) is 0 Å². The van der Waals surface area contributed by atoms with E-state index < -0.39 is 0 Å². The van der Waals surface area contributed by atoms with Gasteiger partial charge in [0.25, 0.3) is 0 Å². The van der Waals surface area contributed by atoms with Gasteiger partial charge in [-0.15, -0.1) is 0 Å². The van der Waals surface area contributed by atoms with Crippen LogP contribution in [0.4, 0.5) is 11.4 Å². The second-order valence-electron chi connectivity index (χ2n) is 12.5. The summed E-state index contributed by atoms with van der Waals surface area (Å²) < 4.78 is 2.40. The number of aromatic nitrogens is 1. The third-order valence-electron chi connectivity index (χ3n) is 9.38. The van der Waals surface area contributed by atoms with Crippen LogP contribution in [0.5, 0.6) is 0 Å². The zero-order chi connectivity index (χ0) is 37.3. The number of anilines is 2. The highest BCUT2D eigenvalue weighted by atomic mass is 15.2. The average molecular weight is 692 g/mol. The molecule has 0 N–H and O–H groups in total. The lowest BCUT2D eigenvalue weighted by molar-refractivity contribution is 0.650. The van der Waals surface area contributed by atoms with Gasteiger partial charge in [-0.25, -0.2) is 0 Å². The van der Waals surface area contributed by atoms with Crippen LogP contribution in [0.1, 0.15) is 45.7 Å². The summed E-state index contributed by atoms with van der Waals surface area (Å²) in [4.78, 5) is 4.36. The summed E-state index contributed by atoms with van der Waals surface area (Å²) in [6.45, 7) is 18.9. The summed E-state index contributed by atoms with van der Waals surface area (Å²) in [5.41, 5.74) is 13.4. The van der Waals surface area contributed by atoms with Gasteiger partial charge in [-0.2, -0.15) is 0 Å². The van der Waals surface area contributed by atoms with Crippen LogP contribution in [-0.2, 0) is 6.42 Å². The molecule has 8 rings (SSSR count). The monoisotopic (exact) mass is 691 g/mol. The first kappa shape index (κ1) is 36.5. The smallest absolute Gasteiger partial charge is 0.0541 e. The summed E-state index contributed by atoms with van der Waals surface area (Å²) in [6, 6.07) is 41.8. The topological polar surface area (TPSA) is 11.4 Å². The molecule has 2 aliphatic rings. The second kappa shape index (κ2) is 16.8. The van der Waals surface area contributed by atoms with E-state index in [1.54, 1.807) is 0 Å². The molecular formula is C50H49N3. The van der Waals surface area contributed by atoms with Crippen molar-refractivity contribution < 1.29 is 0 Å². The lowest BCUT2D eigenvalue weighted by atomic mass is 9.99. The molecule has 6 aromatic rings. The summed E-state index contributed by atoms with van der Waals surface area (Å²) in [6.07, 6.45) is 19.5. The van der Waals surface area contributed by atoms with Gasteiger partial charge in [-0.05, 0) is 95.8 Å². The fraction of sp³-hybridized carbons (Fsp3) is 0.120. The van der Waals surface area contributed by atoms with Gasteiger partial charge in [0.1, 0.15) is 0 Å². The molecule has 5 aromatic carbocycles. The SMILES string of the molecule is C=C1C=CC=CN1/C=C(\C)c1ccc(-c2cc(N3C(=C)/C=C\C=C/Cc4ccccc43)cc(-n3c4ccccc4c4ccccc43)c2)cc1.CC.CC. The normalized spacial score (nSPS) is 15.1. The molecule has 0 saturated carbocycles. The molecule has 53 heavy (non-hydrogen) atoms. The van der Waals surface area contributed by atoms with Gasteiger partial charge in [0.15, 0.2) is 0 Å². The average Bonchev–Trinajstić information content (AvgIpc) is 3.58. The van der Waals surface area contributed by atoms with E-state index in [1.807, 2.05) is 52.1 Å². The molecule has 3 nitrogen and oxygen atoms in total. The highest BCUT2D eigenvalue weighted by Crippen LogP contribution is 2.40. The van der Waals surface area contributed by atoms with Gasteiger partial charge in [0.2, 0.25) is 0 Å². The van der Waals surface area contributed by atoms with Gasteiger partial charge in [0.05, 0.1) is 11.0 Å². The number of benzene rings is 5. The quantitative estimate of drug-likeness (QED) is 0.178. The highest BCUT2D eigenvalue weighted by molar-refractivity contribution is 6.09. The molecule has 0 bridgehead atoms. The van der Waals surface area contributed by atoms with Gasteiger partial charge in [0, 0.05) is 51.6 Å². The summed E-state index contributed by atoms with van der Waals surface area (Å²) in [7, 11) is 0. The number of fused-ring (bicyclic) bond motifs is 4. The number of para-hydroxylation sites is 3. The maximum absolute atomic E-state index is 4.57. The zero-order valence-electron chi connectivity index (χ0n) is 31.6. The Morgan fingerprint density at radius 1 is 0.604 bits per heavy atom. The fourth-order valence-electron chi connectivity index (χ4n) is 6.92. The van der Waals surface area contributed by atoms with Crippen molar-refractivity contribution in [1.82, 2.24) is 9.47 Å². The Balaban J connectivity index is 0.00000116. The van der Waals surface area contributed by atoms with Crippen LogP contribution >= 0.6 is 0 Å². The summed E-state index contributed by atoms with van der Waals surface area (Å²) >= 11 is 0. The molecule has 0 amide bonds. The van der Waals surface area contributed by atoms with Gasteiger partial charge >= 0.3 is 0 Å². The van der Waals surface area contributed by atoms with Gasteiger partial charge < -0.3 is 14.4 Å². The van der Waals surface area contributed by atoms with Crippen molar-refractivity contribution in [3.05, 3.63) is 206 Å². The number of hydrogen-bond donors (Lipinski definition) is 0. The Morgan fingerprint density at radius 2 is 1.21 bits per heavy atom. The number of rotatable bonds is 5. The highest BCUT2D eigenvalue weighted by Gasteiger charge is 2.20. The predicted octanol–water partition coefficient (Wildman–Crippen LogP) is 14.1. The van der Waals surface area contributed by atoms with Gasteiger partial charge in [-0.3, -0.25) is 0 Å². The molecule has 0 spiro atoms. The Bertz CT molecular complexity index is 2360. The van der Waals surface area contributed by atoms with Crippen molar-refractivity contribution in [3.63, 3.8) is 0 Å². The molecule has 0 saturated heterocycles. The third kappa shape index (κ3) is 7.52. The summed E-state index contributed by atoms with van der Waals surface area (Å²) in [5.74, 6) is 0. The van der Waals surface area contributed by atoms with Crippen molar-refractivity contribution in [3.8, 4) is 16.8 Å². The Morgan fingerprint density at radius 3 is 1.91 bits per heavy atom. The minimum atomic E-state index is 0.842. The standard InChI is InChI=1S/C46H37N3.2C2H6/c1-33(32-47-28-14-13-15-34(47)2)36-24-26-37(27-25-36)39-29-40(48-35(3)16-5-4-6-17-38-18-7-10-21-44(38)48)31-41(30-39)49-45-22-11-8-19-42(45)43-20-9-12-23-46(43)49;2*1-2/h4-16,18-32H,2-3,17H2,1H3;2*1-2H3/b6-4-,16-5-,33-32+;;. The summed E-state index contributed by atoms with van der Waals surface area (Å²) in [5, 5.41) is 2.48. The first-order valence-corrected chi connectivity index (χ1v) is 18.7. The van der Waals surface area contributed by atoms with E-state index in [0.717, 1.165) is 51.6 Å². The maximum atomic E-state index is 4.57. The third-order valence-corrected chi connectivity index (χ3v) is 9.38. The molecule has 0 radical (unpaired) electrons. The van der Waals surface area contributed by atoms with Crippen molar-refractivity contribution in [2.75, 3.05) is 4.90 Å². The van der Waals surface area contributed by atoms with Crippen LogP contribution in [0.2, 0.25) is 0 Å². The molecule has 3 heterocycles. The van der Waals surface area contributed by atoms with Gasteiger partial charge in [-0.1, -0.05) is 144 Å². The molecule has 0 atom stereocenters. The molecule has 0 unspecified atom stereocenters. The van der Waals surface area contributed by atoms with Crippen LogP contribution < -0.4 is 4.90 Å². The maximum Gasteiger partial charge on any atom is 0.0541 e. The fourth-order valence-corrected chi connectivity index (χ4v) is 6.92. The Labute approximate surface area is 315 Å². The van der Waals surface area contributed by atoms with Crippen LogP contribution in [0, 0.1) is 0 Å². The molecule has 0 aliphatic carbocycles. The van der Waals surface area contributed by atoms with E-state index in [1.165, 1.54) is 32.9 Å². The van der Waals surface area contributed by atoms with Crippen molar-refractivity contribution >= 4 is 38.8 Å². The molecular weight excluding hydrogens is 643 g/mol. The van der Waals surface area contributed by atoms with E-state index in [0.29, 0.717) is 0 Å². The van der Waals surface area contributed by atoms with Crippen molar-refractivity contribution in [1.29, 1.82) is 0 Å². The first-order valence-electron chi connectivity index (χ1n) is 18.7. The van der Waals surface area contributed by atoms with Crippen LogP contribution in [0.3, 0.4) is 0 Å². The van der Waals surface area contributed by atoms with Crippen molar-refractivity contribution in [2.45, 2.75) is 41.0 Å². The number of nitrogens with zero attached hydrogens (tertiary/aromatic N) is 3. The van der Waals surface area contributed by atoms with Crippen molar-refractivity contribution in [2.24, 2.45) is 0 Å². The van der Waals surface area contributed by atoms with E-state index >= 15 is 0 Å². The number of allylic oxidation sites excluding steroid dienone is 8.